The van der Waals surface area contributed by atoms with E-state index in [2.05, 4.69) is 15.7 Å². The lowest BCUT2D eigenvalue weighted by Crippen LogP contribution is -2.35. The number of amides is 2. The highest BCUT2D eigenvalue weighted by atomic mass is 16.5. The lowest BCUT2D eigenvalue weighted by molar-refractivity contribution is -0.125. The van der Waals surface area contributed by atoms with E-state index in [0.717, 1.165) is 5.69 Å². The van der Waals surface area contributed by atoms with E-state index in [4.69, 9.17) is 9.47 Å². The average Bonchev–Trinajstić information content (AvgIpc) is 2.94. The Morgan fingerprint density at radius 2 is 2.12 bits per heavy atom. The fourth-order valence-electron chi connectivity index (χ4n) is 2.63. The van der Waals surface area contributed by atoms with E-state index in [1.165, 1.54) is 11.8 Å². The van der Waals surface area contributed by atoms with E-state index >= 15 is 0 Å². The van der Waals surface area contributed by atoms with Crippen molar-refractivity contribution in [2.45, 2.75) is 19.4 Å². The first-order valence-corrected chi connectivity index (χ1v) is 7.40. The van der Waals surface area contributed by atoms with Crippen LogP contribution in [0.5, 0.6) is 11.5 Å². The molecule has 24 heavy (non-hydrogen) atoms. The largest absolute Gasteiger partial charge is 0.497 e. The van der Waals surface area contributed by atoms with Gasteiger partial charge in [0.15, 0.2) is 0 Å². The Kier molecular flexibility index (Phi) is 4.11. The SMILES string of the molecule is COc1ccc(NC(=O)[C@@H]2CC(=O)Nc3cc(C)nn32)c(OC)c1. The third-order valence-electron chi connectivity index (χ3n) is 3.77. The number of carbonyl (C=O) groups is 2. The molecule has 2 amide bonds. The Morgan fingerprint density at radius 1 is 1.33 bits per heavy atom. The first-order chi connectivity index (χ1) is 11.5. The van der Waals surface area contributed by atoms with E-state index in [0.29, 0.717) is 23.0 Å². The lowest BCUT2D eigenvalue weighted by Gasteiger charge is -2.24. The van der Waals surface area contributed by atoms with Crippen LogP contribution >= 0.6 is 0 Å². The number of aryl methyl sites for hydroxylation is 1. The zero-order valence-corrected chi connectivity index (χ0v) is 13.6. The van der Waals surface area contributed by atoms with Crippen LogP contribution in [0.15, 0.2) is 24.3 Å². The first-order valence-electron chi connectivity index (χ1n) is 7.40. The van der Waals surface area contributed by atoms with Crippen molar-refractivity contribution in [1.82, 2.24) is 9.78 Å². The van der Waals surface area contributed by atoms with Crippen molar-refractivity contribution in [3.8, 4) is 11.5 Å². The van der Waals surface area contributed by atoms with Crippen LogP contribution in [-0.2, 0) is 9.59 Å². The standard InChI is InChI=1S/C16H18N4O4/c1-9-6-14-18-15(21)8-12(20(14)19-9)16(22)17-11-5-4-10(23-2)7-13(11)24-3/h4-7,12H,8H2,1-3H3,(H,17,22)(H,18,21)/t12-/m0/s1. The molecule has 0 saturated heterocycles. The molecule has 8 nitrogen and oxygen atoms in total. The molecule has 0 aliphatic carbocycles. The maximum Gasteiger partial charge on any atom is 0.249 e. The van der Waals surface area contributed by atoms with Crippen LogP contribution in [-0.4, -0.2) is 35.8 Å². The van der Waals surface area contributed by atoms with Gasteiger partial charge in [0.25, 0.3) is 0 Å². The van der Waals surface area contributed by atoms with Gasteiger partial charge in [-0.25, -0.2) is 4.68 Å². The van der Waals surface area contributed by atoms with Crippen molar-refractivity contribution in [3.05, 3.63) is 30.0 Å². The average molecular weight is 330 g/mol. The number of nitrogens with zero attached hydrogens (tertiary/aromatic N) is 2. The van der Waals surface area contributed by atoms with Crippen molar-refractivity contribution in [1.29, 1.82) is 0 Å². The summed E-state index contributed by atoms with van der Waals surface area (Å²) in [5.74, 6) is 1.05. The molecule has 0 fully saturated rings. The van der Waals surface area contributed by atoms with Crippen LogP contribution in [0.2, 0.25) is 0 Å². The summed E-state index contributed by atoms with van der Waals surface area (Å²) in [5.41, 5.74) is 1.23. The van der Waals surface area contributed by atoms with Crippen LogP contribution in [0.3, 0.4) is 0 Å². The van der Waals surface area contributed by atoms with Crippen LogP contribution < -0.4 is 20.1 Å². The summed E-state index contributed by atoms with van der Waals surface area (Å²) in [5, 5.41) is 9.79. The minimum atomic E-state index is -0.714. The Morgan fingerprint density at radius 3 is 2.83 bits per heavy atom. The molecule has 2 N–H and O–H groups in total. The lowest BCUT2D eigenvalue weighted by atomic mass is 10.1. The highest BCUT2D eigenvalue weighted by Crippen LogP contribution is 2.31. The van der Waals surface area contributed by atoms with Gasteiger partial charge in [-0.3, -0.25) is 9.59 Å². The van der Waals surface area contributed by atoms with Crippen molar-refractivity contribution < 1.29 is 19.1 Å². The molecule has 0 saturated carbocycles. The number of fused-ring (bicyclic) bond motifs is 1. The van der Waals surface area contributed by atoms with E-state index in [1.54, 1.807) is 38.3 Å². The van der Waals surface area contributed by atoms with Gasteiger partial charge in [0.05, 0.1) is 32.0 Å². The van der Waals surface area contributed by atoms with Crippen molar-refractivity contribution >= 4 is 23.3 Å². The summed E-state index contributed by atoms with van der Waals surface area (Å²) in [7, 11) is 3.06. The topological polar surface area (TPSA) is 94.5 Å². The fraction of sp³-hybridized carbons (Fsp3) is 0.312. The molecule has 0 bridgehead atoms. The normalized spacial score (nSPS) is 16.1. The molecule has 1 aliphatic rings. The van der Waals surface area contributed by atoms with Gasteiger partial charge in [-0.05, 0) is 19.1 Å². The summed E-state index contributed by atoms with van der Waals surface area (Å²) in [6.07, 6.45) is 0.0262. The number of hydrogen-bond donors (Lipinski definition) is 2. The van der Waals surface area contributed by atoms with Crippen molar-refractivity contribution in [3.63, 3.8) is 0 Å². The molecular formula is C16H18N4O4. The Labute approximate surface area is 138 Å². The number of methoxy groups -OCH3 is 2. The second kappa shape index (κ2) is 6.23. The van der Waals surface area contributed by atoms with Crippen molar-refractivity contribution in [2.24, 2.45) is 0 Å². The Hall–Kier alpha value is -3.03. The maximum absolute atomic E-state index is 12.7. The zero-order chi connectivity index (χ0) is 17.3. The third-order valence-corrected chi connectivity index (χ3v) is 3.77. The number of ether oxygens (including phenoxy) is 2. The molecule has 0 unspecified atom stereocenters. The highest BCUT2D eigenvalue weighted by molar-refractivity contribution is 6.01. The number of hydrogen-bond acceptors (Lipinski definition) is 5. The number of rotatable bonds is 4. The zero-order valence-electron chi connectivity index (χ0n) is 13.6. The molecule has 1 aromatic heterocycles. The predicted octanol–water partition coefficient (Wildman–Crippen LogP) is 1.73. The summed E-state index contributed by atoms with van der Waals surface area (Å²) in [6.45, 7) is 1.80. The van der Waals surface area contributed by atoms with Gasteiger partial charge in [-0.15, -0.1) is 0 Å². The van der Waals surface area contributed by atoms with E-state index in [9.17, 15) is 9.59 Å². The minimum Gasteiger partial charge on any atom is -0.497 e. The summed E-state index contributed by atoms with van der Waals surface area (Å²) in [6, 6.07) is 6.09. The molecule has 0 radical (unpaired) electrons. The van der Waals surface area contributed by atoms with Gasteiger partial charge in [-0.2, -0.15) is 5.10 Å². The molecule has 2 heterocycles. The molecule has 2 aromatic rings. The molecule has 1 aliphatic heterocycles. The van der Waals surface area contributed by atoms with Gasteiger partial charge in [0.2, 0.25) is 11.8 Å². The second-order valence-electron chi connectivity index (χ2n) is 5.44. The first kappa shape index (κ1) is 15.9. The van der Waals surface area contributed by atoms with Gasteiger partial charge >= 0.3 is 0 Å². The second-order valence-corrected chi connectivity index (χ2v) is 5.44. The van der Waals surface area contributed by atoms with Crippen LogP contribution in [0.25, 0.3) is 0 Å². The molecular weight excluding hydrogens is 312 g/mol. The van der Waals surface area contributed by atoms with E-state index in [1.807, 2.05) is 0 Å². The third kappa shape index (κ3) is 2.90. The summed E-state index contributed by atoms with van der Waals surface area (Å²) >= 11 is 0. The Balaban J connectivity index is 1.86. The number of nitrogens with one attached hydrogen (secondary N) is 2. The van der Waals surface area contributed by atoms with Gasteiger partial charge in [-0.1, -0.05) is 0 Å². The number of aromatic nitrogens is 2. The van der Waals surface area contributed by atoms with Crippen LogP contribution in [0, 0.1) is 6.92 Å². The number of carbonyl (C=O) groups excluding carboxylic acids is 2. The Bertz CT molecular complexity index is 799. The van der Waals surface area contributed by atoms with E-state index < -0.39 is 6.04 Å². The fourth-order valence-corrected chi connectivity index (χ4v) is 2.63. The molecule has 126 valence electrons. The molecule has 0 spiro atoms. The quantitative estimate of drug-likeness (QED) is 0.890. The molecule has 1 atom stereocenters. The summed E-state index contributed by atoms with van der Waals surface area (Å²) in [4.78, 5) is 24.5. The van der Waals surface area contributed by atoms with Gasteiger partial charge < -0.3 is 20.1 Å². The molecule has 8 heteroatoms. The van der Waals surface area contributed by atoms with Crippen LogP contribution in [0.4, 0.5) is 11.5 Å². The smallest absolute Gasteiger partial charge is 0.249 e. The number of anilines is 2. The van der Waals surface area contributed by atoms with Gasteiger partial charge in [0.1, 0.15) is 23.4 Å². The van der Waals surface area contributed by atoms with E-state index in [-0.39, 0.29) is 18.2 Å². The minimum absolute atomic E-state index is 0.0262. The number of benzene rings is 1. The van der Waals surface area contributed by atoms with Crippen molar-refractivity contribution in [2.75, 3.05) is 24.9 Å². The predicted molar refractivity (Wildman–Crippen MR) is 87.4 cm³/mol. The monoisotopic (exact) mass is 330 g/mol. The van der Waals surface area contributed by atoms with Crippen LogP contribution in [0.1, 0.15) is 18.2 Å². The van der Waals surface area contributed by atoms with Gasteiger partial charge in [0, 0.05) is 12.1 Å². The molecule has 3 rings (SSSR count). The highest BCUT2D eigenvalue weighted by Gasteiger charge is 2.32. The maximum atomic E-state index is 12.7. The molecule has 1 aromatic carbocycles. The summed E-state index contributed by atoms with van der Waals surface area (Å²) < 4.78 is 11.9.